The van der Waals surface area contributed by atoms with Crippen molar-refractivity contribution in [1.82, 2.24) is 9.97 Å². The van der Waals surface area contributed by atoms with E-state index in [0.29, 0.717) is 16.9 Å². The molecule has 1 heterocycles. The van der Waals surface area contributed by atoms with Gasteiger partial charge in [-0.05, 0) is 52.3 Å². The minimum absolute atomic E-state index is 0.0142. The van der Waals surface area contributed by atoms with Crippen LogP contribution in [-0.4, -0.2) is 28.0 Å². The molecule has 0 unspecified atom stereocenters. The number of nitrogens with one attached hydrogen (secondary N) is 2. The van der Waals surface area contributed by atoms with Gasteiger partial charge in [-0.1, -0.05) is 12.1 Å². The molecule has 1 aromatic heterocycles. The molecular weight excluding hydrogens is 430 g/mol. The first kappa shape index (κ1) is 19.2. The van der Waals surface area contributed by atoms with Gasteiger partial charge in [0.25, 0.3) is 0 Å². The molecule has 0 fully saturated rings. The van der Waals surface area contributed by atoms with Gasteiger partial charge in [0, 0.05) is 10.2 Å². The van der Waals surface area contributed by atoms with E-state index in [9.17, 15) is 14.9 Å². The third kappa shape index (κ3) is 4.23. The predicted octanol–water partition coefficient (Wildman–Crippen LogP) is 4.42. The number of nitro groups is 1. The van der Waals surface area contributed by atoms with E-state index in [1.165, 1.54) is 13.4 Å². The molecule has 3 aromatic rings. The van der Waals surface area contributed by atoms with E-state index >= 15 is 0 Å². The fraction of sp³-hybridized carbons (Fsp3) is 0.0556. The van der Waals surface area contributed by atoms with Gasteiger partial charge in [0.05, 0.1) is 23.3 Å². The zero-order chi connectivity index (χ0) is 20.1. The highest BCUT2D eigenvalue weighted by Crippen LogP contribution is 2.34. The molecule has 0 atom stereocenters. The zero-order valence-corrected chi connectivity index (χ0v) is 16.1. The lowest BCUT2D eigenvalue weighted by Crippen LogP contribution is -2.06. The number of halogens is 1. The van der Waals surface area contributed by atoms with Crippen LogP contribution in [0.5, 0.6) is 0 Å². The largest absolute Gasteiger partial charge is 0.465 e. The number of hydrogen-bond acceptors (Lipinski definition) is 8. The fourth-order valence-corrected chi connectivity index (χ4v) is 2.75. The summed E-state index contributed by atoms with van der Waals surface area (Å²) in [6.07, 6.45) is 1.22. The number of rotatable bonds is 6. The van der Waals surface area contributed by atoms with E-state index in [-0.39, 0.29) is 17.3 Å². The van der Waals surface area contributed by atoms with Crippen LogP contribution >= 0.6 is 15.9 Å². The number of nitrogens with zero attached hydrogens (tertiary/aromatic N) is 3. The Morgan fingerprint density at radius 3 is 2.32 bits per heavy atom. The van der Waals surface area contributed by atoms with Gasteiger partial charge >= 0.3 is 11.7 Å². The molecule has 9 nitrogen and oxygen atoms in total. The summed E-state index contributed by atoms with van der Waals surface area (Å²) in [7, 11) is 1.29. The molecule has 0 saturated heterocycles. The van der Waals surface area contributed by atoms with Crippen molar-refractivity contribution in [3.8, 4) is 0 Å². The summed E-state index contributed by atoms with van der Waals surface area (Å²) in [6.45, 7) is 0. The molecule has 0 spiro atoms. The molecule has 28 heavy (non-hydrogen) atoms. The maximum Gasteiger partial charge on any atom is 0.353 e. The third-order valence-electron chi connectivity index (χ3n) is 3.70. The average molecular weight is 444 g/mol. The first-order valence-electron chi connectivity index (χ1n) is 7.96. The van der Waals surface area contributed by atoms with Crippen LogP contribution in [0, 0.1) is 10.1 Å². The standard InChI is InChI=1S/C18H14BrN5O4/c1-28-18(25)11-6-8-12(9-7-11)22-16-15(24(26)27)17(21-10-20-16)23-14-5-3-2-4-13(14)19/h2-10H,1H3,(H2,20,21,22,23). The Kier molecular flexibility index (Phi) is 5.80. The lowest BCUT2D eigenvalue weighted by Gasteiger charge is -2.11. The molecule has 0 bridgehead atoms. The molecule has 10 heteroatoms. The lowest BCUT2D eigenvalue weighted by molar-refractivity contribution is -0.383. The number of ether oxygens (including phenoxy) is 1. The molecule has 0 amide bonds. The topological polar surface area (TPSA) is 119 Å². The van der Waals surface area contributed by atoms with Crippen LogP contribution in [0.25, 0.3) is 0 Å². The van der Waals surface area contributed by atoms with Gasteiger partial charge in [-0.15, -0.1) is 0 Å². The van der Waals surface area contributed by atoms with E-state index in [1.54, 1.807) is 42.5 Å². The minimum Gasteiger partial charge on any atom is -0.465 e. The van der Waals surface area contributed by atoms with Crippen LogP contribution in [0.15, 0.2) is 59.3 Å². The van der Waals surface area contributed by atoms with Crippen molar-refractivity contribution < 1.29 is 14.5 Å². The van der Waals surface area contributed by atoms with Crippen molar-refractivity contribution in [3.63, 3.8) is 0 Å². The maximum absolute atomic E-state index is 11.7. The molecule has 0 aliphatic heterocycles. The summed E-state index contributed by atoms with van der Waals surface area (Å²) in [5.74, 6) is -0.416. The molecule has 0 aliphatic rings. The van der Waals surface area contributed by atoms with E-state index in [2.05, 4.69) is 41.3 Å². The van der Waals surface area contributed by atoms with Crippen molar-refractivity contribution in [2.45, 2.75) is 0 Å². The summed E-state index contributed by atoms with van der Waals surface area (Å²) in [6, 6.07) is 13.5. The van der Waals surface area contributed by atoms with Crippen molar-refractivity contribution in [1.29, 1.82) is 0 Å². The van der Waals surface area contributed by atoms with E-state index < -0.39 is 10.9 Å². The molecule has 2 aromatic carbocycles. The number of esters is 1. The Balaban J connectivity index is 1.92. The lowest BCUT2D eigenvalue weighted by atomic mass is 10.2. The molecule has 2 N–H and O–H groups in total. The van der Waals surface area contributed by atoms with Gasteiger partial charge in [-0.3, -0.25) is 10.1 Å². The van der Waals surface area contributed by atoms with Gasteiger partial charge in [0.1, 0.15) is 6.33 Å². The number of carbonyl (C=O) groups excluding carboxylic acids is 1. The molecule has 0 aliphatic carbocycles. The maximum atomic E-state index is 11.7. The highest BCUT2D eigenvalue weighted by Gasteiger charge is 2.23. The predicted molar refractivity (Wildman–Crippen MR) is 107 cm³/mol. The molecule has 0 radical (unpaired) electrons. The number of hydrogen-bond donors (Lipinski definition) is 2. The minimum atomic E-state index is -0.565. The molecule has 3 rings (SSSR count). The van der Waals surface area contributed by atoms with Gasteiger partial charge in [0.2, 0.25) is 11.6 Å². The van der Waals surface area contributed by atoms with E-state index in [0.717, 1.165) is 4.47 Å². The number of anilines is 4. The van der Waals surface area contributed by atoms with Crippen LogP contribution in [0.3, 0.4) is 0 Å². The summed E-state index contributed by atoms with van der Waals surface area (Å²) in [5.41, 5.74) is 1.19. The quantitative estimate of drug-likeness (QED) is 0.326. The molecule has 0 saturated carbocycles. The number of para-hydroxylation sites is 1. The Bertz CT molecular complexity index is 1030. The van der Waals surface area contributed by atoms with Crippen molar-refractivity contribution >= 4 is 50.6 Å². The van der Waals surface area contributed by atoms with Gasteiger partial charge in [-0.25, -0.2) is 14.8 Å². The molecular formula is C18H14BrN5O4. The molecule has 142 valence electrons. The van der Waals surface area contributed by atoms with Gasteiger partial charge < -0.3 is 15.4 Å². The fourth-order valence-electron chi connectivity index (χ4n) is 2.37. The highest BCUT2D eigenvalue weighted by atomic mass is 79.9. The summed E-state index contributed by atoms with van der Waals surface area (Å²) < 4.78 is 5.38. The van der Waals surface area contributed by atoms with Crippen molar-refractivity contribution in [2.24, 2.45) is 0 Å². The second-order valence-corrected chi connectivity index (χ2v) is 6.33. The second kappa shape index (κ2) is 8.44. The summed E-state index contributed by atoms with van der Waals surface area (Å²) >= 11 is 3.38. The van der Waals surface area contributed by atoms with Crippen LogP contribution in [-0.2, 0) is 4.74 Å². The Labute approximate surface area is 168 Å². The number of methoxy groups -OCH3 is 1. The Morgan fingerprint density at radius 2 is 1.71 bits per heavy atom. The second-order valence-electron chi connectivity index (χ2n) is 5.48. The summed E-state index contributed by atoms with van der Waals surface area (Å²) in [5, 5.41) is 17.5. The monoisotopic (exact) mass is 443 g/mol. The first-order valence-corrected chi connectivity index (χ1v) is 8.75. The van der Waals surface area contributed by atoms with E-state index in [1.807, 2.05) is 6.07 Å². The third-order valence-corrected chi connectivity index (χ3v) is 4.39. The number of carbonyl (C=O) groups is 1. The van der Waals surface area contributed by atoms with Gasteiger partial charge in [-0.2, -0.15) is 0 Å². The Hall–Kier alpha value is -3.53. The van der Waals surface area contributed by atoms with Crippen LogP contribution in [0.2, 0.25) is 0 Å². The van der Waals surface area contributed by atoms with Crippen molar-refractivity contribution in [2.75, 3.05) is 17.7 Å². The van der Waals surface area contributed by atoms with Crippen LogP contribution in [0.4, 0.5) is 28.7 Å². The van der Waals surface area contributed by atoms with Crippen LogP contribution < -0.4 is 10.6 Å². The zero-order valence-electron chi connectivity index (χ0n) is 14.5. The Morgan fingerprint density at radius 1 is 1.07 bits per heavy atom. The van der Waals surface area contributed by atoms with Crippen LogP contribution in [0.1, 0.15) is 10.4 Å². The average Bonchev–Trinajstić information content (AvgIpc) is 2.69. The van der Waals surface area contributed by atoms with Crippen molar-refractivity contribution in [3.05, 3.63) is 75.0 Å². The smallest absolute Gasteiger partial charge is 0.353 e. The number of aromatic nitrogens is 2. The highest BCUT2D eigenvalue weighted by molar-refractivity contribution is 9.10. The van der Waals surface area contributed by atoms with Gasteiger partial charge in [0.15, 0.2) is 0 Å². The SMILES string of the molecule is COC(=O)c1ccc(Nc2ncnc(Nc3ccccc3Br)c2[N+](=O)[O-])cc1. The normalized spacial score (nSPS) is 10.2. The summed E-state index contributed by atoms with van der Waals surface area (Å²) in [4.78, 5) is 30.6. The number of benzene rings is 2. The first-order chi connectivity index (χ1) is 13.5. The van der Waals surface area contributed by atoms with E-state index in [4.69, 9.17) is 0 Å².